The maximum Gasteiger partial charge on any atom is 0.365 e. The Bertz CT molecular complexity index is 480. The molecular formula is C24H44O12. The van der Waals surface area contributed by atoms with E-state index in [2.05, 4.69) is 49.1 Å². The zero-order valence-electron chi connectivity index (χ0n) is 21.9. The van der Waals surface area contributed by atoms with Gasteiger partial charge < -0.3 is 15.3 Å². The Morgan fingerprint density at radius 1 is 0.611 bits per heavy atom. The molecular weight excluding hydrogens is 480 g/mol. The first-order chi connectivity index (χ1) is 17.2. The molecule has 0 saturated carbocycles. The van der Waals surface area contributed by atoms with Gasteiger partial charge in [-0.2, -0.15) is 14.7 Å². The summed E-state index contributed by atoms with van der Waals surface area (Å²) < 4.78 is 0. The van der Waals surface area contributed by atoms with Crippen molar-refractivity contribution in [2.45, 2.75) is 53.4 Å². The molecule has 0 fully saturated rings. The summed E-state index contributed by atoms with van der Waals surface area (Å²) in [6.45, 7) is 18.0. The van der Waals surface area contributed by atoms with Gasteiger partial charge in [0, 0.05) is 23.6 Å². The standard InChI is InChI=1S/3C6H10O3.C6H14O3/c3*1-3-5-8-9-6(7)4-2;1-2-6(3-7,4-8)5-9/h3*4H,2-3,5H2,1H3;7-9H,2-5H2,1H3. The predicted molar refractivity (Wildman–Crippen MR) is 132 cm³/mol. The molecule has 36 heavy (non-hydrogen) atoms. The van der Waals surface area contributed by atoms with Gasteiger partial charge in [0.2, 0.25) is 0 Å². The molecule has 0 aromatic rings. The van der Waals surface area contributed by atoms with Crippen LogP contribution in [0, 0.1) is 5.41 Å². The van der Waals surface area contributed by atoms with Gasteiger partial charge in [0.1, 0.15) is 0 Å². The Hall–Kier alpha value is -2.61. The lowest BCUT2D eigenvalue weighted by Crippen LogP contribution is -2.32. The first-order valence-corrected chi connectivity index (χ1v) is 11.4. The fraction of sp³-hybridized carbons (Fsp3) is 0.625. The van der Waals surface area contributed by atoms with Gasteiger partial charge in [0.15, 0.2) is 0 Å². The van der Waals surface area contributed by atoms with Crippen molar-refractivity contribution in [2.75, 3.05) is 39.6 Å². The van der Waals surface area contributed by atoms with E-state index in [0.717, 1.165) is 37.5 Å². The monoisotopic (exact) mass is 524 g/mol. The molecule has 0 bridgehead atoms. The molecule has 0 heterocycles. The van der Waals surface area contributed by atoms with Gasteiger partial charge in [0.25, 0.3) is 0 Å². The first kappa shape index (κ1) is 40.6. The molecule has 12 heteroatoms. The van der Waals surface area contributed by atoms with E-state index in [1.165, 1.54) is 0 Å². The Morgan fingerprint density at radius 3 is 0.972 bits per heavy atom. The molecule has 0 radical (unpaired) electrons. The van der Waals surface area contributed by atoms with E-state index in [-0.39, 0.29) is 19.8 Å². The van der Waals surface area contributed by atoms with Crippen molar-refractivity contribution in [1.29, 1.82) is 0 Å². The van der Waals surface area contributed by atoms with Crippen molar-refractivity contribution < 1.29 is 59.0 Å². The van der Waals surface area contributed by atoms with Gasteiger partial charge in [-0.15, -0.1) is 0 Å². The minimum absolute atomic E-state index is 0.156. The Labute approximate surface area is 213 Å². The number of carbonyl (C=O) groups excluding carboxylic acids is 3. The van der Waals surface area contributed by atoms with Crippen molar-refractivity contribution in [3.63, 3.8) is 0 Å². The van der Waals surface area contributed by atoms with Gasteiger partial charge in [-0.25, -0.2) is 14.4 Å². The van der Waals surface area contributed by atoms with Crippen LogP contribution in [0.1, 0.15) is 53.4 Å². The van der Waals surface area contributed by atoms with Gasteiger partial charge in [0.05, 0.1) is 39.6 Å². The van der Waals surface area contributed by atoms with Crippen LogP contribution >= 0.6 is 0 Å². The third-order valence-corrected chi connectivity index (χ3v) is 3.54. The summed E-state index contributed by atoms with van der Waals surface area (Å²) in [5.41, 5.74) is -0.667. The molecule has 0 unspecified atom stereocenters. The summed E-state index contributed by atoms with van der Waals surface area (Å²) in [4.78, 5) is 56.4. The van der Waals surface area contributed by atoms with Gasteiger partial charge in [-0.1, -0.05) is 47.4 Å². The minimum Gasteiger partial charge on any atom is -0.396 e. The van der Waals surface area contributed by atoms with Crippen molar-refractivity contribution in [3.8, 4) is 0 Å². The zero-order chi connectivity index (χ0) is 28.7. The van der Waals surface area contributed by atoms with E-state index in [1.54, 1.807) is 0 Å². The normalized spacial score (nSPS) is 9.42. The second kappa shape index (κ2) is 32.4. The van der Waals surface area contributed by atoms with Gasteiger partial charge in [-0.3, -0.25) is 14.7 Å². The van der Waals surface area contributed by atoms with E-state index < -0.39 is 23.3 Å². The maximum absolute atomic E-state index is 10.2. The molecule has 12 nitrogen and oxygen atoms in total. The van der Waals surface area contributed by atoms with Gasteiger partial charge in [-0.05, 0) is 25.7 Å². The fourth-order valence-corrected chi connectivity index (χ4v) is 1.14. The molecule has 0 spiro atoms. The minimum atomic E-state index is -0.667. The van der Waals surface area contributed by atoms with Crippen LogP contribution in [0.25, 0.3) is 0 Å². The number of hydrogen-bond donors (Lipinski definition) is 3. The van der Waals surface area contributed by atoms with Crippen LogP contribution < -0.4 is 0 Å². The van der Waals surface area contributed by atoms with Crippen LogP contribution in [-0.2, 0) is 43.7 Å². The molecule has 0 aromatic carbocycles. The predicted octanol–water partition coefficient (Wildman–Crippen LogP) is 2.53. The van der Waals surface area contributed by atoms with E-state index in [0.29, 0.717) is 26.2 Å². The van der Waals surface area contributed by atoms with Crippen molar-refractivity contribution >= 4 is 17.9 Å². The second-order valence-corrected chi connectivity index (χ2v) is 6.61. The summed E-state index contributed by atoms with van der Waals surface area (Å²) in [5, 5.41) is 26.0. The largest absolute Gasteiger partial charge is 0.396 e. The third-order valence-electron chi connectivity index (χ3n) is 3.54. The van der Waals surface area contributed by atoms with Gasteiger partial charge >= 0.3 is 17.9 Å². The average Bonchev–Trinajstić information content (AvgIpc) is 2.91. The number of aliphatic hydroxyl groups is 3. The summed E-state index contributed by atoms with van der Waals surface area (Å²) in [5.74, 6) is -1.66. The third kappa shape index (κ3) is 31.4. The van der Waals surface area contributed by atoms with Crippen LogP contribution in [0.15, 0.2) is 38.0 Å². The number of carbonyl (C=O) groups is 3. The first-order valence-electron chi connectivity index (χ1n) is 11.4. The molecule has 212 valence electrons. The molecule has 3 N–H and O–H groups in total. The summed E-state index contributed by atoms with van der Waals surface area (Å²) in [6.07, 6.45) is 6.22. The summed E-state index contributed by atoms with van der Waals surface area (Å²) >= 11 is 0. The Kier molecular flexibility index (Phi) is 36.5. The highest BCUT2D eigenvalue weighted by Gasteiger charge is 2.24. The molecule has 0 saturated heterocycles. The average molecular weight is 525 g/mol. The van der Waals surface area contributed by atoms with Crippen molar-refractivity contribution in [1.82, 2.24) is 0 Å². The highest BCUT2D eigenvalue weighted by atomic mass is 17.2. The van der Waals surface area contributed by atoms with E-state index in [9.17, 15) is 14.4 Å². The molecule has 0 atom stereocenters. The number of rotatable bonds is 16. The Morgan fingerprint density at radius 2 is 0.861 bits per heavy atom. The van der Waals surface area contributed by atoms with E-state index >= 15 is 0 Å². The van der Waals surface area contributed by atoms with E-state index in [1.807, 2.05) is 27.7 Å². The SMILES string of the molecule is C=CC(=O)OOCCC.C=CC(=O)OOCCC.C=CC(=O)OOCCC.CCC(CO)(CO)CO. The summed E-state index contributed by atoms with van der Waals surface area (Å²) in [7, 11) is 0. The summed E-state index contributed by atoms with van der Waals surface area (Å²) in [6, 6.07) is 0. The van der Waals surface area contributed by atoms with Crippen LogP contribution in [0.5, 0.6) is 0 Å². The highest BCUT2D eigenvalue weighted by molar-refractivity contribution is 5.81. The lowest BCUT2D eigenvalue weighted by Gasteiger charge is -2.24. The second-order valence-electron chi connectivity index (χ2n) is 6.61. The van der Waals surface area contributed by atoms with Crippen LogP contribution in [-0.4, -0.2) is 72.9 Å². The fourth-order valence-electron chi connectivity index (χ4n) is 1.14. The molecule has 0 aliphatic heterocycles. The maximum atomic E-state index is 10.2. The molecule has 0 aliphatic carbocycles. The highest BCUT2D eigenvalue weighted by Crippen LogP contribution is 2.18. The topological polar surface area (TPSA) is 167 Å². The molecule has 0 aliphatic rings. The van der Waals surface area contributed by atoms with Crippen molar-refractivity contribution in [3.05, 3.63) is 38.0 Å². The molecule has 0 amide bonds. The number of hydrogen-bond acceptors (Lipinski definition) is 12. The zero-order valence-corrected chi connectivity index (χ0v) is 21.9. The van der Waals surface area contributed by atoms with Crippen LogP contribution in [0.2, 0.25) is 0 Å². The van der Waals surface area contributed by atoms with Crippen molar-refractivity contribution in [2.24, 2.45) is 5.41 Å². The van der Waals surface area contributed by atoms with Crippen LogP contribution in [0.3, 0.4) is 0 Å². The molecule has 0 aromatic heterocycles. The van der Waals surface area contributed by atoms with E-state index in [4.69, 9.17) is 15.3 Å². The lowest BCUT2D eigenvalue weighted by atomic mass is 9.88. The lowest BCUT2D eigenvalue weighted by molar-refractivity contribution is -0.267. The Balaban J connectivity index is -0.000000190. The molecule has 0 rings (SSSR count). The van der Waals surface area contributed by atoms with Crippen LogP contribution in [0.4, 0.5) is 0 Å². The quantitative estimate of drug-likeness (QED) is 0.117. The smallest absolute Gasteiger partial charge is 0.365 e. The number of aliphatic hydroxyl groups excluding tert-OH is 3.